The van der Waals surface area contributed by atoms with E-state index in [-0.39, 0.29) is 11.4 Å². The summed E-state index contributed by atoms with van der Waals surface area (Å²) < 4.78 is 10.2. The monoisotopic (exact) mass is 350 g/mol. The number of ether oxygens (including phenoxy) is 2. The van der Waals surface area contributed by atoms with Crippen LogP contribution in [0, 0.1) is 0 Å². The van der Waals surface area contributed by atoms with Gasteiger partial charge in [-0.1, -0.05) is 42.5 Å². The molecule has 0 aromatic heterocycles. The summed E-state index contributed by atoms with van der Waals surface area (Å²) in [5.74, 6) is -2.66. The SMILES string of the molecule is CC(=O)c1cccc(-c2ccc(C=C3C(=O)OC(C)(C)OC3=O)cc2)c1. The Morgan fingerprint density at radius 3 is 2.12 bits per heavy atom. The van der Waals surface area contributed by atoms with Crippen molar-refractivity contribution in [2.75, 3.05) is 0 Å². The first-order valence-corrected chi connectivity index (χ1v) is 8.15. The summed E-state index contributed by atoms with van der Waals surface area (Å²) in [4.78, 5) is 35.5. The van der Waals surface area contributed by atoms with E-state index in [4.69, 9.17) is 9.47 Å². The molecule has 1 aliphatic rings. The highest BCUT2D eigenvalue weighted by Gasteiger charge is 2.38. The lowest BCUT2D eigenvalue weighted by atomic mass is 10.00. The number of cyclic esters (lactones) is 2. The Hall–Kier alpha value is -3.21. The second-order valence-corrected chi connectivity index (χ2v) is 6.50. The average Bonchev–Trinajstić information content (AvgIpc) is 2.58. The number of carbonyl (C=O) groups excluding carboxylic acids is 3. The van der Waals surface area contributed by atoms with E-state index in [2.05, 4.69) is 0 Å². The summed E-state index contributed by atoms with van der Waals surface area (Å²) >= 11 is 0. The van der Waals surface area contributed by atoms with Crippen molar-refractivity contribution in [3.63, 3.8) is 0 Å². The Kier molecular flexibility index (Phi) is 4.47. The van der Waals surface area contributed by atoms with Crippen LogP contribution >= 0.6 is 0 Å². The summed E-state index contributed by atoms with van der Waals surface area (Å²) in [7, 11) is 0. The number of hydrogen-bond acceptors (Lipinski definition) is 5. The van der Waals surface area contributed by atoms with Crippen LogP contribution in [0.25, 0.3) is 17.2 Å². The first-order chi connectivity index (χ1) is 12.2. The molecule has 2 aromatic carbocycles. The maximum atomic E-state index is 12.0. The van der Waals surface area contributed by atoms with Crippen molar-refractivity contribution < 1.29 is 23.9 Å². The summed E-state index contributed by atoms with van der Waals surface area (Å²) in [5, 5.41) is 0. The molecule has 0 saturated carbocycles. The van der Waals surface area contributed by atoms with Gasteiger partial charge in [-0.15, -0.1) is 0 Å². The minimum absolute atomic E-state index is 0.00505. The predicted octanol–water partition coefficient (Wildman–Crippen LogP) is 3.78. The fraction of sp³-hybridized carbons (Fsp3) is 0.190. The average molecular weight is 350 g/mol. The van der Waals surface area contributed by atoms with E-state index in [0.717, 1.165) is 11.1 Å². The maximum absolute atomic E-state index is 12.0. The molecule has 0 atom stereocenters. The first kappa shape index (κ1) is 17.6. The van der Waals surface area contributed by atoms with Crippen LogP contribution in [-0.4, -0.2) is 23.5 Å². The van der Waals surface area contributed by atoms with Crippen molar-refractivity contribution in [3.8, 4) is 11.1 Å². The second kappa shape index (κ2) is 6.59. The normalized spacial score (nSPS) is 15.9. The van der Waals surface area contributed by atoms with Crippen LogP contribution in [0.1, 0.15) is 36.7 Å². The van der Waals surface area contributed by atoms with Crippen LogP contribution < -0.4 is 0 Å². The van der Waals surface area contributed by atoms with Gasteiger partial charge in [0.1, 0.15) is 5.57 Å². The summed E-state index contributed by atoms with van der Waals surface area (Å²) in [6.45, 7) is 4.53. The molecule has 5 heteroatoms. The Morgan fingerprint density at radius 1 is 0.923 bits per heavy atom. The number of hydrogen-bond donors (Lipinski definition) is 0. The predicted molar refractivity (Wildman–Crippen MR) is 96.1 cm³/mol. The molecule has 2 aromatic rings. The molecule has 1 aliphatic heterocycles. The third-order valence-corrected chi connectivity index (χ3v) is 3.94. The standard InChI is InChI=1S/C21H18O5/c1-13(22)16-5-4-6-17(12-16)15-9-7-14(8-10-15)11-18-19(23)25-21(2,3)26-20(18)24/h4-12H,1-3H3. The Labute approximate surface area is 151 Å². The smallest absolute Gasteiger partial charge is 0.348 e. The largest absolute Gasteiger partial charge is 0.419 e. The minimum Gasteiger partial charge on any atom is -0.419 e. The van der Waals surface area contributed by atoms with Crippen molar-refractivity contribution in [3.05, 3.63) is 65.2 Å². The van der Waals surface area contributed by atoms with Gasteiger partial charge in [0.15, 0.2) is 5.78 Å². The molecule has 1 heterocycles. The number of benzene rings is 2. The van der Waals surface area contributed by atoms with Crippen molar-refractivity contribution in [1.82, 2.24) is 0 Å². The number of ketones is 1. The summed E-state index contributed by atoms with van der Waals surface area (Å²) in [6.07, 6.45) is 1.44. The number of esters is 2. The molecule has 0 spiro atoms. The third-order valence-electron chi connectivity index (χ3n) is 3.94. The number of rotatable bonds is 3. The van der Waals surface area contributed by atoms with E-state index >= 15 is 0 Å². The van der Waals surface area contributed by atoms with Gasteiger partial charge in [0.05, 0.1) is 0 Å². The Morgan fingerprint density at radius 2 is 1.54 bits per heavy atom. The zero-order valence-electron chi connectivity index (χ0n) is 14.7. The molecule has 0 radical (unpaired) electrons. The van der Waals surface area contributed by atoms with Crippen LogP contribution in [-0.2, 0) is 19.1 Å². The van der Waals surface area contributed by atoms with E-state index in [0.29, 0.717) is 11.1 Å². The fourth-order valence-corrected chi connectivity index (χ4v) is 2.63. The molecule has 26 heavy (non-hydrogen) atoms. The fourth-order valence-electron chi connectivity index (χ4n) is 2.63. The van der Waals surface area contributed by atoms with E-state index < -0.39 is 17.7 Å². The van der Waals surface area contributed by atoms with Crippen LogP contribution in [0.15, 0.2) is 54.1 Å². The molecular formula is C21H18O5. The Balaban J connectivity index is 1.86. The van der Waals surface area contributed by atoms with Gasteiger partial charge in [-0.05, 0) is 35.8 Å². The van der Waals surface area contributed by atoms with Crippen LogP contribution in [0.5, 0.6) is 0 Å². The molecule has 3 rings (SSSR count). The molecule has 132 valence electrons. The third kappa shape index (κ3) is 3.72. The summed E-state index contributed by atoms with van der Waals surface area (Å²) in [6, 6.07) is 14.6. The van der Waals surface area contributed by atoms with Gasteiger partial charge in [-0.25, -0.2) is 9.59 Å². The van der Waals surface area contributed by atoms with Crippen molar-refractivity contribution in [2.24, 2.45) is 0 Å². The van der Waals surface area contributed by atoms with Crippen LogP contribution in [0.3, 0.4) is 0 Å². The van der Waals surface area contributed by atoms with Gasteiger partial charge in [0.2, 0.25) is 0 Å². The van der Waals surface area contributed by atoms with Gasteiger partial charge in [-0.3, -0.25) is 4.79 Å². The molecule has 0 amide bonds. The first-order valence-electron chi connectivity index (χ1n) is 8.15. The zero-order chi connectivity index (χ0) is 18.9. The minimum atomic E-state index is -1.25. The highest BCUT2D eigenvalue weighted by Crippen LogP contribution is 2.25. The molecule has 0 unspecified atom stereocenters. The van der Waals surface area contributed by atoms with E-state index in [9.17, 15) is 14.4 Å². The van der Waals surface area contributed by atoms with Crippen molar-refractivity contribution in [1.29, 1.82) is 0 Å². The molecule has 0 bridgehead atoms. The lowest BCUT2D eigenvalue weighted by Gasteiger charge is -2.29. The van der Waals surface area contributed by atoms with Gasteiger partial charge < -0.3 is 9.47 Å². The zero-order valence-corrected chi connectivity index (χ0v) is 14.7. The van der Waals surface area contributed by atoms with Gasteiger partial charge >= 0.3 is 11.9 Å². The van der Waals surface area contributed by atoms with Crippen molar-refractivity contribution in [2.45, 2.75) is 26.6 Å². The number of Topliss-reactive ketones (excluding diaryl/α,β-unsaturated/α-hetero) is 1. The lowest BCUT2D eigenvalue weighted by molar-refractivity contribution is -0.222. The second-order valence-electron chi connectivity index (χ2n) is 6.50. The van der Waals surface area contributed by atoms with Crippen LogP contribution in [0.4, 0.5) is 0 Å². The van der Waals surface area contributed by atoms with Gasteiger partial charge in [0, 0.05) is 19.4 Å². The Bertz CT molecular complexity index is 898. The highest BCUT2D eigenvalue weighted by molar-refractivity contribution is 6.18. The molecule has 0 N–H and O–H groups in total. The molecule has 5 nitrogen and oxygen atoms in total. The van der Waals surface area contributed by atoms with E-state index in [1.165, 1.54) is 26.8 Å². The lowest BCUT2D eigenvalue weighted by Crippen LogP contribution is -2.41. The van der Waals surface area contributed by atoms with Gasteiger partial charge in [0.25, 0.3) is 5.79 Å². The topological polar surface area (TPSA) is 69.7 Å². The maximum Gasteiger partial charge on any atom is 0.348 e. The summed E-state index contributed by atoms with van der Waals surface area (Å²) in [5.41, 5.74) is 3.00. The quantitative estimate of drug-likeness (QED) is 0.365. The molecular weight excluding hydrogens is 332 g/mol. The molecule has 1 fully saturated rings. The number of carbonyl (C=O) groups is 3. The highest BCUT2D eigenvalue weighted by atomic mass is 16.7. The molecule has 0 aliphatic carbocycles. The molecule has 1 saturated heterocycles. The van der Waals surface area contributed by atoms with E-state index in [1.807, 2.05) is 30.3 Å². The van der Waals surface area contributed by atoms with E-state index in [1.54, 1.807) is 18.2 Å². The van der Waals surface area contributed by atoms with Gasteiger partial charge in [-0.2, -0.15) is 0 Å². The van der Waals surface area contributed by atoms with Crippen molar-refractivity contribution >= 4 is 23.8 Å². The van der Waals surface area contributed by atoms with Crippen LogP contribution in [0.2, 0.25) is 0 Å².